The van der Waals surface area contributed by atoms with Crippen LogP contribution in [0.5, 0.6) is 0 Å². The molecule has 23 heavy (non-hydrogen) atoms. The largest absolute Gasteiger partial charge is 0.418 e. The second-order valence-corrected chi connectivity index (χ2v) is 6.28. The fourth-order valence-electron chi connectivity index (χ4n) is 4.09. The number of carbonyl (C=O) groups excluding carboxylic acids is 2. The Morgan fingerprint density at radius 3 is 2.13 bits per heavy atom. The van der Waals surface area contributed by atoms with Gasteiger partial charge in [0.2, 0.25) is 11.8 Å². The Labute approximate surface area is 129 Å². The van der Waals surface area contributed by atoms with Crippen LogP contribution in [0.25, 0.3) is 0 Å². The number of nitrogens with zero attached hydrogens (tertiary/aromatic N) is 1. The van der Waals surface area contributed by atoms with E-state index in [-0.39, 0.29) is 17.5 Å². The highest BCUT2D eigenvalue weighted by molar-refractivity contribution is 6.22. The zero-order valence-corrected chi connectivity index (χ0v) is 11.9. The van der Waals surface area contributed by atoms with Gasteiger partial charge in [0.05, 0.1) is 23.1 Å². The summed E-state index contributed by atoms with van der Waals surface area (Å²) in [4.78, 5) is 26.1. The topological polar surface area (TPSA) is 63.4 Å². The van der Waals surface area contributed by atoms with Crippen molar-refractivity contribution in [3.8, 4) is 0 Å². The van der Waals surface area contributed by atoms with Crippen molar-refractivity contribution in [2.24, 2.45) is 23.7 Å². The molecule has 2 aliphatic carbocycles. The predicted molar refractivity (Wildman–Crippen MR) is 76.1 cm³/mol. The molecule has 1 aromatic carbocycles. The van der Waals surface area contributed by atoms with Gasteiger partial charge in [-0.25, -0.2) is 0 Å². The molecule has 1 aromatic rings. The molecular weight excluding hydrogens is 309 g/mol. The molecule has 0 aromatic heterocycles. The number of nitrogen functional groups attached to an aromatic ring is 1. The molecule has 1 saturated heterocycles. The lowest BCUT2D eigenvalue weighted by Gasteiger charge is -2.19. The minimum Gasteiger partial charge on any atom is -0.398 e. The van der Waals surface area contributed by atoms with E-state index in [4.69, 9.17) is 5.73 Å². The van der Waals surface area contributed by atoms with Crippen LogP contribution in [0.3, 0.4) is 0 Å². The molecule has 1 aliphatic heterocycles. The van der Waals surface area contributed by atoms with Crippen LogP contribution < -0.4 is 10.6 Å². The Hall–Kier alpha value is -2.31. The van der Waals surface area contributed by atoms with Crippen LogP contribution >= 0.6 is 0 Å². The summed E-state index contributed by atoms with van der Waals surface area (Å²) in [6.45, 7) is 0. The van der Waals surface area contributed by atoms with Gasteiger partial charge in [-0.15, -0.1) is 0 Å². The predicted octanol–water partition coefficient (Wildman–Crippen LogP) is 2.60. The lowest BCUT2D eigenvalue weighted by molar-refractivity contribution is -0.137. The molecule has 1 heterocycles. The molecule has 4 nitrogen and oxygen atoms in total. The third kappa shape index (κ3) is 1.85. The number of carbonyl (C=O) groups is 2. The Kier molecular flexibility index (Phi) is 2.71. The molecule has 2 amide bonds. The first kappa shape index (κ1) is 14.3. The number of allylic oxidation sites excluding steroid dienone is 2. The average Bonchev–Trinajstić information content (AvgIpc) is 3.13. The molecular formula is C16H13F3N2O2. The summed E-state index contributed by atoms with van der Waals surface area (Å²) in [5.41, 5.74) is 3.85. The number of nitrogens with two attached hydrogens (primary N) is 1. The van der Waals surface area contributed by atoms with Crippen LogP contribution in [0, 0.1) is 23.7 Å². The lowest BCUT2D eigenvalue weighted by atomic mass is 9.85. The van der Waals surface area contributed by atoms with E-state index in [1.807, 2.05) is 12.2 Å². The van der Waals surface area contributed by atoms with E-state index < -0.39 is 41.1 Å². The fraction of sp³-hybridized carbons (Fsp3) is 0.375. The normalized spacial score (nSPS) is 32.0. The number of anilines is 2. The van der Waals surface area contributed by atoms with Crippen molar-refractivity contribution in [2.45, 2.75) is 12.6 Å². The number of hydrogen-bond acceptors (Lipinski definition) is 3. The van der Waals surface area contributed by atoms with E-state index >= 15 is 0 Å². The number of halogens is 3. The smallest absolute Gasteiger partial charge is 0.398 e. The maximum atomic E-state index is 13.0. The molecule has 2 bridgehead atoms. The van der Waals surface area contributed by atoms with Crippen molar-refractivity contribution in [2.75, 3.05) is 10.6 Å². The van der Waals surface area contributed by atoms with Crippen molar-refractivity contribution >= 4 is 23.2 Å². The monoisotopic (exact) mass is 322 g/mol. The van der Waals surface area contributed by atoms with Gasteiger partial charge in [0.15, 0.2) is 0 Å². The van der Waals surface area contributed by atoms with Gasteiger partial charge in [-0.1, -0.05) is 12.2 Å². The lowest BCUT2D eigenvalue weighted by Crippen LogP contribution is -2.33. The van der Waals surface area contributed by atoms with Crippen LogP contribution in [-0.2, 0) is 15.8 Å². The van der Waals surface area contributed by atoms with Crippen LogP contribution in [0.2, 0.25) is 0 Å². The SMILES string of the molecule is Nc1ccc(N2C(=O)C3C4C=CC(C4)C3C2=O)cc1C(F)(F)F. The molecule has 2 N–H and O–H groups in total. The van der Waals surface area contributed by atoms with Crippen LogP contribution in [0.4, 0.5) is 24.5 Å². The van der Waals surface area contributed by atoms with Crippen LogP contribution in [0.15, 0.2) is 30.4 Å². The van der Waals surface area contributed by atoms with Gasteiger partial charge in [0, 0.05) is 5.69 Å². The van der Waals surface area contributed by atoms with Crippen molar-refractivity contribution < 1.29 is 22.8 Å². The van der Waals surface area contributed by atoms with Crippen LogP contribution in [0.1, 0.15) is 12.0 Å². The van der Waals surface area contributed by atoms with E-state index in [2.05, 4.69) is 0 Å². The highest BCUT2D eigenvalue weighted by atomic mass is 19.4. The first-order valence-corrected chi connectivity index (χ1v) is 7.32. The van der Waals surface area contributed by atoms with Gasteiger partial charge in [0.25, 0.3) is 0 Å². The summed E-state index contributed by atoms with van der Waals surface area (Å²) in [7, 11) is 0. The fourth-order valence-corrected chi connectivity index (χ4v) is 4.09. The summed E-state index contributed by atoms with van der Waals surface area (Å²) in [6, 6.07) is 3.15. The van der Waals surface area contributed by atoms with Gasteiger partial charge in [-0.05, 0) is 36.5 Å². The molecule has 3 aliphatic rings. The minimum atomic E-state index is -4.64. The molecule has 120 valence electrons. The molecule has 7 heteroatoms. The van der Waals surface area contributed by atoms with Gasteiger partial charge in [0.1, 0.15) is 0 Å². The molecule has 4 unspecified atom stereocenters. The van der Waals surface area contributed by atoms with Crippen molar-refractivity contribution in [1.82, 2.24) is 0 Å². The number of imide groups is 1. The van der Waals surface area contributed by atoms with E-state index in [9.17, 15) is 22.8 Å². The van der Waals surface area contributed by atoms with Gasteiger partial charge in [-0.3, -0.25) is 14.5 Å². The summed E-state index contributed by atoms with van der Waals surface area (Å²) in [5.74, 6) is -1.66. The number of alkyl halides is 3. The van der Waals surface area contributed by atoms with Crippen molar-refractivity contribution in [3.63, 3.8) is 0 Å². The Morgan fingerprint density at radius 2 is 1.61 bits per heavy atom. The quantitative estimate of drug-likeness (QED) is 0.491. The summed E-state index contributed by atoms with van der Waals surface area (Å²) < 4.78 is 39.0. The highest BCUT2D eigenvalue weighted by Gasteiger charge is 2.59. The third-order valence-corrected chi connectivity index (χ3v) is 5.07. The Balaban J connectivity index is 1.75. The number of hydrogen-bond donors (Lipinski definition) is 1. The third-order valence-electron chi connectivity index (χ3n) is 5.07. The number of amides is 2. The second kappa shape index (κ2) is 4.37. The Bertz CT molecular complexity index is 726. The molecule has 0 radical (unpaired) electrons. The summed E-state index contributed by atoms with van der Waals surface area (Å²) >= 11 is 0. The molecule has 0 spiro atoms. The zero-order valence-electron chi connectivity index (χ0n) is 11.9. The van der Waals surface area contributed by atoms with E-state index in [0.29, 0.717) is 0 Å². The van der Waals surface area contributed by atoms with Crippen molar-refractivity contribution in [3.05, 3.63) is 35.9 Å². The average molecular weight is 322 g/mol. The maximum absolute atomic E-state index is 13.0. The minimum absolute atomic E-state index is 0.0160. The maximum Gasteiger partial charge on any atom is 0.418 e. The molecule has 2 fully saturated rings. The second-order valence-electron chi connectivity index (χ2n) is 6.28. The highest BCUT2D eigenvalue weighted by Crippen LogP contribution is 2.53. The first-order chi connectivity index (χ1) is 10.8. The Morgan fingerprint density at radius 1 is 1.04 bits per heavy atom. The standard InChI is InChI=1S/C16H13F3N2O2/c17-16(18,19)10-6-9(3-4-11(10)20)21-14(22)12-7-1-2-8(5-7)13(12)15(21)23/h1-4,6-8,12-13H,5,20H2. The number of benzene rings is 1. The number of rotatable bonds is 1. The summed E-state index contributed by atoms with van der Waals surface area (Å²) in [5, 5.41) is 0. The van der Waals surface area contributed by atoms with Gasteiger partial charge >= 0.3 is 6.18 Å². The zero-order chi connectivity index (χ0) is 16.5. The van der Waals surface area contributed by atoms with E-state index in [1.54, 1.807) is 0 Å². The van der Waals surface area contributed by atoms with Crippen LogP contribution in [-0.4, -0.2) is 11.8 Å². The molecule has 4 rings (SSSR count). The molecule has 4 atom stereocenters. The molecule has 1 saturated carbocycles. The summed E-state index contributed by atoms with van der Waals surface area (Å²) in [6.07, 6.45) is 0.00777. The van der Waals surface area contributed by atoms with Gasteiger partial charge < -0.3 is 5.73 Å². The first-order valence-electron chi connectivity index (χ1n) is 7.32. The van der Waals surface area contributed by atoms with E-state index in [1.165, 1.54) is 6.07 Å². The number of fused-ring (bicyclic) bond motifs is 5. The van der Waals surface area contributed by atoms with E-state index in [0.717, 1.165) is 23.5 Å². The van der Waals surface area contributed by atoms with Gasteiger partial charge in [-0.2, -0.15) is 13.2 Å². The van der Waals surface area contributed by atoms with Crippen molar-refractivity contribution in [1.29, 1.82) is 0 Å².